The van der Waals surface area contributed by atoms with Crippen LogP contribution in [0.4, 0.5) is 5.82 Å². The van der Waals surface area contributed by atoms with Crippen LogP contribution in [-0.4, -0.2) is 35.0 Å². The molecule has 1 aromatic carbocycles. The molecule has 0 bridgehead atoms. The van der Waals surface area contributed by atoms with Gasteiger partial charge in [-0.2, -0.15) is 0 Å². The van der Waals surface area contributed by atoms with Crippen LogP contribution in [0.5, 0.6) is 5.75 Å². The fraction of sp³-hybridized carbons (Fsp3) is 0.133. The molecule has 0 aliphatic heterocycles. The molecule has 9 heteroatoms. The van der Waals surface area contributed by atoms with Crippen molar-refractivity contribution >= 4 is 15.8 Å². The first kappa shape index (κ1) is 15.9. The van der Waals surface area contributed by atoms with Crippen LogP contribution in [0.2, 0.25) is 0 Å². The molecule has 0 saturated heterocycles. The highest BCUT2D eigenvalue weighted by Gasteiger charge is 2.20. The molecule has 1 N–H and O–H groups in total. The Hall–Kier alpha value is -2.94. The predicted molar refractivity (Wildman–Crippen MR) is 87.7 cm³/mol. The van der Waals surface area contributed by atoms with Crippen LogP contribution in [0.1, 0.15) is 5.56 Å². The molecule has 8 nitrogen and oxygen atoms in total. The highest BCUT2D eigenvalue weighted by Crippen LogP contribution is 2.26. The van der Waals surface area contributed by atoms with Crippen molar-refractivity contribution in [2.75, 3.05) is 11.8 Å². The molecule has 0 saturated carbocycles. The van der Waals surface area contributed by atoms with Crippen molar-refractivity contribution in [3.63, 3.8) is 0 Å². The van der Waals surface area contributed by atoms with Crippen molar-refractivity contribution in [2.24, 2.45) is 0 Å². The Balaban J connectivity index is 1.94. The van der Waals surface area contributed by atoms with Crippen LogP contribution in [0.25, 0.3) is 5.82 Å². The third kappa shape index (κ3) is 3.20. The highest BCUT2D eigenvalue weighted by molar-refractivity contribution is 7.92. The molecule has 0 atom stereocenters. The maximum Gasteiger partial charge on any atom is 0.266 e. The Morgan fingerprint density at radius 2 is 2.04 bits per heavy atom. The van der Waals surface area contributed by atoms with Gasteiger partial charge in [0.2, 0.25) is 0 Å². The van der Waals surface area contributed by atoms with Gasteiger partial charge in [-0.1, -0.05) is 6.07 Å². The number of nitrogens with one attached hydrogen (secondary N) is 1. The number of methoxy groups -OCH3 is 1. The molecule has 3 aromatic rings. The lowest BCUT2D eigenvalue weighted by atomic mass is 10.2. The summed E-state index contributed by atoms with van der Waals surface area (Å²) in [6.07, 6.45) is 6.13. The molecule has 0 radical (unpaired) electrons. The van der Waals surface area contributed by atoms with Gasteiger partial charge in [-0.3, -0.25) is 9.29 Å². The monoisotopic (exact) mass is 345 g/mol. The molecule has 24 heavy (non-hydrogen) atoms. The topological polar surface area (TPSA) is 99.0 Å². The summed E-state index contributed by atoms with van der Waals surface area (Å²) >= 11 is 0. The number of sulfonamides is 1. The van der Waals surface area contributed by atoms with E-state index in [-0.39, 0.29) is 16.5 Å². The normalized spacial score (nSPS) is 11.2. The van der Waals surface area contributed by atoms with Gasteiger partial charge in [-0.05, 0) is 24.6 Å². The standard InChI is InChI=1S/C15H15N5O3S/c1-11-3-4-13(12(7-11)23-2)24(21,22)19-14-8-15(18-9-17-14)20-6-5-16-10-20/h3-10H,1-2H3,(H,17,18,19). The van der Waals surface area contributed by atoms with Gasteiger partial charge < -0.3 is 4.74 Å². The molecule has 0 amide bonds. The van der Waals surface area contributed by atoms with Gasteiger partial charge in [-0.25, -0.2) is 23.4 Å². The van der Waals surface area contributed by atoms with Gasteiger partial charge in [0.1, 0.15) is 34.9 Å². The molecule has 3 rings (SSSR count). The van der Waals surface area contributed by atoms with E-state index < -0.39 is 10.0 Å². The van der Waals surface area contributed by atoms with E-state index in [1.165, 1.54) is 25.6 Å². The second-order valence-electron chi connectivity index (χ2n) is 4.99. The summed E-state index contributed by atoms with van der Waals surface area (Å²) in [6, 6.07) is 6.37. The summed E-state index contributed by atoms with van der Waals surface area (Å²) in [5.74, 6) is 0.916. The first-order valence-electron chi connectivity index (χ1n) is 6.97. The zero-order valence-electron chi connectivity index (χ0n) is 13.0. The van der Waals surface area contributed by atoms with Crippen LogP contribution < -0.4 is 9.46 Å². The summed E-state index contributed by atoms with van der Waals surface area (Å²) in [4.78, 5) is 12.0. The SMILES string of the molecule is COc1cc(C)ccc1S(=O)(=O)Nc1cc(-n2ccnc2)ncn1. The van der Waals surface area contributed by atoms with Crippen molar-refractivity contribution in [1.29, 1.82) is 0 Å². The number of hydrogen-bond acceptors (Lipinski definition) is 6. The van der Waals surface area contributed by atoms with E-state index in [9.17, 15) is 8.42 Å². The smallest absolute Gasteiger partial charge is 0.266 e. The third-order valence-electron chi connectivity index (χ3n) is 3.27. The number of nitrogens with zero attached hydrogens (tertiary/aromatic N) is 4. The lowest BCUT2D eigenvalue weighted by molar-refractivity contribution is 0.402. The minimum Gasteiger partial charge on any atom is -0.495 e. The number of hydrogen-bond donors (Lipinski definition) is 1. The molecule has 124 valence electrons. The first-order chi connectivity index (χ1) is 11.5. The molecular weight excluding hydrogens is 330 g/mol. The number of ether oxygens (including phenoxy) is 1. The van der Waals surface area contributed by atoms with E-state index in [0.29, 0.717) is 5.82 Å². The quantitative estimate of drug-likeness (QED) is 0.757. The zero-order valence-corrected chi connectivity index (χ0v) is 13.9. The van der Waals surface area contributed by atoms with Crippen molar-refractivity contribution in [3.05, 3.63) is 54.9 Å². The van der Waals surface area contributed by atoms with Crippen LogP contribution in [0.15, 0.2) is 54.2 Å². The molecule has 0 fully saturated rings. The Morgan fingerprint density at radius 3 is 2.75 bits per heavy atom. The molecular formula is C15H15N5O3S. The van der Waals surface area contributed by atoms with Crippen molar-refractivity contribution in [1.82, 2.24) is 19.5 Å². The fourth-order valence-electron chi connectivity index (χ4n) is 2.13. The van der Waals surface area contributed by atoms with Crippen LogP contribution >= 0.6 is 0 Å². The average Bonchev–Trinajstić information content (AvgIpc) is 3.08. The summed E-state index contributed by atoms with van der Waals surface area (Å²) in [5, 5.41) is 0. The van der Waals surface area contributed by atoms with Gasteiger partial charge in [-0.15, -0.1) is 0 Å². The van der Waals surface area contributed by atoms with E-state index >= 15 is 0 Å². The molecule has 2 aromatic heterocycles. The predicted octanol–water partition coefficient (Wildman–Crippen LogP) is 1.78. The van der Waals surface area contributed by atoms with E-state index in [2.05, 4.69) is 19.7 Å². The van der Waals surface area contributed by atoms with Crippen LogP contribution in [-0.2, 0) is 10.0 Å². The fourth-order valence-corrected chi connectivity index (χ4v) is 3.28. The lowest BCUT2D eigenvalue weighted by Crippen LogP contribution is -2.15. The van der Waals surface area contributed by atoms with Gasteiger partial charge in [0.25, 0.3) is 10.0 Å². The number of rotatable bonds is 5. The van der Waals surface area contributed by atoms with Gasteiger partial charge >= 0.3 is 0 Å². The van der Waals surface area contributed by atoms with Gasteiger partial charge in [0.15, 0.2) is 0 Å². The maximum absolute atomic E-state index is 12.6. The second-order valence-corrected chi connectivity index (χ2v) is 6.64. The van der Waals surface area contributed by atoms with E-state index in [1.54, 1.807) is 35.4 Å². The molecule has 0 spiro atoms. The Morgan fingerprint density at radius 1 is 1.21 bits per heavy atom. The summed E-state index contributed by atoms with van der Waals surface area (Å²) in [6.45, 7) is 1.86. The number of imidazole rings is 1. The third-order valence-corrected chi connectivity index (χ3v) is 4.66. The summed E-state index contributed by atoms with van der Waals surface area (Å²) < 4.78 is 34.5. The summed E-state index contributed by atoms with van der Waals surface area (Å²) in [5.41, 5.74) is 0.898. The lowest BCUT2D eigenvalue weighted by Gasteiger charge is -2.12. The number of aryl methyl sites for hydroxylation is 1. The molecule has 0 unspecified atom stereocenters. The van der Waals surface area contributed by atoms with E-state index in [1.807, 2.05) is 6.92 Å². The van der Waals surface area contributed by atoms with Gasteiger partial charge in [0, 0.05) is 18.5 Å². The largest absolute Gasteiger partial charge is 0.495 e. The highest BCUT2D eigenvalue weighted by atomic mass is 32.2. The van der Waals surface area contributed by atoms with E-state index in [4.69, 9.17) is 4.74 Å². The molecule has 0 aliphatic carbocycles. The van der Waals surface area contributed by atoms with Crippen LogP contribution in [0, 0.1) is 6.92 Å². The first-order valence-corrected chi connectivity index (χ1v) is 8.46. The zero-order chi connectivity index (χ0) is 17.2. The minimum atomic E-state index is -3.85. The van der Waals surface area contributed by atoms with Gasteiger partial charge in [0.05, 0.1) is 7.11 Å². The number of aromatic nitrogens is 4. The Kier molecular flexibility index (Phi) is 4.17. The Bertz CT molecular complexity index is 955. The van der Waals surface area contributed by atoms with E-state index in [0.717, 1.165) is 5.56 Å². The van der Waals surface area contributed by atoms with Crippen molar-refractivity contribution < 1.29 is 13.2 Å². The van der Waals surface area contributed by atoms with Crippen LogP contribution in [0.3, 0.4) is 0 Å². The summed E-state index contributed by atoms with van der Waals surface area (Å²) in [7, 11) is -2.42. The molecule has 2 heterocycles. The van der Waals surface area contributed by atoms with Crippen molar-refractivity contribution in [2.45, 2.75) is 11.8 Å². The average molecular weight is 345 g/mol. The maximum atomic E-state index is 12.6. The second kappa shape index (κ2) is 6.28. The minimum absolute atomic E-state index is 0.0402. The van der Waals surface area contributed by atoms with Crippen molar-refractivity contribution in [3.8, 4) is 11.6 Å². The Labute approximate surface area is 139 Å². The number of benzene rings is 1. The number of anilines is 1. The molecule has 0 aliphatic rings.